The molecular formula is C21H27ClN2O3S. The predicted molar refractivity (Wildman–Crippen MR) is 114 cm³/mol. The Morgan fingerprint density at radius 3 is 2.29 bits per heavy atom. The van der Waals surface area contributed by atoms with E-state index in [1.54, 1.807) is 54.6 Å². The fraction of sp³-hybridized carbons (Fsp3) is 0.381. The van der Waals surface area contributed by atoms with Crippen LogP contribution < -0.4 is 5.32 Å². The van der Waals surface area contributed by atoms with Gasteiger partial charge >= 0.3 is 0 Å². The Morgan fingerprint density at radius 2 is 1.64 bits per heavy atom. The maximum absolute atomic E-state index is 13.0. The van der Waals surface area contributed by atoms with E-state index < -0.39 is 9.84 Å². The van der Waals surface area contributed by atoms with Crippen LogP contribution in [0.5, 0.6) is 0 Å². The van der Waals surface area contributed by atoms with Crippen LogP contribution in [-0.2, 0) is 15.6 Å². The molecular weight excluding hydrogens is 396 g/mol. The molecule has 7 heteroatoms. The second kappa shape index (κ2) is 10.0. The third-order valence-corrected chi connectivity index (χ3v) is 6.77. The van der Waals surface area contributed by atoms with Gasteiger partial charge in [0.2, 0.25) is 0 Å². The van der Waals surface area contributed by atoms with Gasteiger partial charge in [-0.05, 0) is 56.1 Å². The Morgan fingerprint density at radius 1 is 1.04 bits per heavy atom. The molecule has 1 saturated heterocycles. The van der Waals surface area contributed by atoms with Crippen molar-refractivity contribution in [2.24, 2.45) is 5.92 Å². The number of carbonyl (C=O) groups excluding carboxylic acids is 1. The lowest BCUT2D eigenvalue weighted by molar-refractivity contribution is 0.0690. The van der Waals surface area contributed by atoms with E-state index in [0.29, 0.717) is 30.1 Å². The summed E-state index contributed by atoms with van der Waals surface area (Å²) in [5, 5.41) is 3.19. The number of amides is 1. The minimum Gasteiger partial charge on any atom is -0.339 e. The van der Waals surface area contributed by atoms with Crippen molar-refractivity contribution in [2.45, 2.75) is 23.5 Å². The molecule has 5 nitrogen and oxygen atoms in total. The lowest BCUT2D eigenvalue weighted by atomic mass is 9.96. The summed E-state index contributed by atoms with van der Waals surface area (Å²) in [4.78, 5) is 15.1. The lowest BCUT2D eigenvalue weighted by Crippen LogP contribution is -2.40. The molecule has 1 heterocycles. The normalized spacial score (nSPS) is 15.1. The summed E-state index contributed by atoms with van der Waals surface area (Å²) in [6.45, 7) is 2.39. The van der Waals surface area contributed by atoms with Crippen molar-refractivity contribution in [1.29, 1.82) is 0 Å². The number of nitrogens with zero attached hydrogens (tertiary/aromatic N) is 1. The van der Waals surface area contributed by atoms with Crippen LogP contribution >= 0.6 is 12.4 Å². The molecule has 0 aliphatic carbocycles. The smallest absolute Gasteiger partial charge is 0.254 e. The SMILES string of the molecule is CNCC1CCN(C(=O)c2ccccc2CS(=O)(=O)c2ccccc2)CC1.Cl. The second-order valence-electron chi connectivity index (χ2n) is 7.02. The van der Waals surface area contributed by atoms with Crippen LogP contribution in [-0.4, -0.2) is 45.9 Å². The van der Waals surface area contributed by atoms with E-state index in [2.05, 4.69) is 5.32 Å². The molecule has 28 heavy (non-hydrogen) atoms. The first-order valence-corrected chi connectivity index (χ1v) is 11.0. The van der Waals surface area contributed by atoms with Gasteiger partial charge in [-0.1, -0.05) is 36.4 Å². The van der Waals surface area contributed by atoms with Gasteiger partial charge in [0.05, 0.1) is 10.6 Å². The van der Waals surface area contributed by atoms with Gasteiger partial charge in [0.1, 0.15) is 0 Å². The van der Waals surface area contributed by atoms with Gasteiger partial charge in [0.15, 0.2) is 9.84 Å². The zero-order chi connectivity index (χ0) is 19.3. The summed E-state index contributed by atoms with van der Waals surface area (Å²) in [5.74, 6) is 0.347. The minimum absolute atomic E-state index is 0. The number of piperidine rings is 1. The first-order chi connectivity index (χ1) is 13.0. The highest BCUT2D eigenvalue weighted by Crippen LogP contribution is 2.23. The fourth-order valence-corrected chi connectivity index (χ4v) is 4.97. The van der Waals surface area contributed by atoms with Crippen LogP contribution in [0.2, 0.25) is 0 Å². The van der Waals surface area contributed by atoms with E-state index in [1.165, 1.54) is 0 Å². The highest BCUT2D eigenvalue weighted by atomic mass is 35.5. The van der Waals surface area contributed by atoms with Gasteiger partial charge in [-0.15, -0.1) is 12.4 Å². The summed E-state index contributed by atoms with van der Waals surface area (Å²) >= 11 is 0. The van der Waals surface area contributed by atoms with E-state index in [-0.39, 0.29) is 29.0 Å². The third kappa shape index (κ3) is 5.34. The number of halogens is 1. The standard InChI is InChI=1S/C21H26N2O3S.ClH/c1-22-15-17-11-13-23(14-12-17)21(24)20-10-6-5-7-18(20)16-27(25,26)19-8-3-2-4-9-19;/h2-10,17,22H,11-16H2,1H3;1H. The van der Waals surface area contributed by atoms with E-state index in [1.807, 2.05) is 11.9 Å². The molecule has 2 aromatic rings. The topological polar surface area (TPSA) is 66.5 Å². The van der Waals surface area contributed by atoms with E-state index >= 15 is 0 Å². The minimum atomic E-state index is -3.50. The molecule has 2 aromatic carbocycles. The van der Waals surface area contributed by atoms with Crippen molar-refractivity contribution in [1.82, 2.24) is 10.2 Å². The first-order valence-electron chi connectivity index (χ1n) is 9.31. The van der Waals surface area contributed by atoms with Gasteiger partial charge in [0, 0.05) is 18.7 Å². The van der Waals surface area contributed by atoms with Crippen LogP contribution in [0.25, 0.3) is 0 Å². The lowest BCUT2D eigenvalue weighted by Gasteiger charge is -2.32. The highest BCUT2D eigenvalue weighted by molar-refractivity contribution is 7.90. The molecule has 1 aliphatic heterocycles. The average molecular weight is 423 g/mol. The van der Waals surface area contributed by atoms with Crippen LogP contribution in [0.1, 0.15) is 28.8 Å². The van der Waals surface area contributed by atoms with Crippen LogP contribution in [0.3, 0.4) is 0 Å². The number of benzene rings is 2. The summed E-state index contributed by atoms with van der Waals surface area (Å²) in [5.41, 5.74) is 1.05. The second-order valence-corrected chi connectivity index (χ2v) is 9.01. The summed E-state index contributed by atoms with van der Waals surface area (Å²) in [6.07, 6.45) is 1.94. The van der Waals surface area contributed by atoms with Crippen molar-refractivity contribution in [3.05, 3.63) is 65.7 Å². The molecule has 1 N–H and O–H groups in total. The first kappa shape index (κ1) is 22.4. The van der Waals surface area contributed by atoms with Gasteiger partial charge in [-0.3, -0.25) is 4.79 Å². The number of hydrogen-bond donors (Lipinski definition) is 1. The van der Waals surface area contributed by atoms with Crippen molar-refractivity contribution < 1.29 is 13.2 Å². The average Bonchev–Trinajstić information content (AvgIpc) is 2.69. The van der Waals surface area contributed by atoms with Gasteiger partial charge in [0.25, 0.3) is 5.91 Å². The Labute approximate surface area is 173 Å². The van der Waals surface area contributed by atoms with E-state index in [4.69, 9.17) is 0 Å². The number of rotatable bonds is 6. The zero-order valence-corrected chi connectivity index (χ0v) is 17.6. The quantitative estimate of drug-likeness (QED) is 0.776. The van der Waals surface area contributed by atoms with Crippen molar-refractivity contribution in [3.8, 4) is 0 Å². The molecule has 1 fully saturated rings. The Kier molecular flexibility index (Phi) is 8.04. The van der Waals surface area contributed by atoms with Crippen LogP contribution in [0.15, 0.2) is 59.5 Å². The summed E-state index contributed by atoms with van der Waals surface area (Å²) < 4.78 is 25.5. The predicted octanol–water partition coefficient (Wildman–Crippen LogP) is 3.15. The largest absolute Gasteiger partial charge is 0.339 e. The molecule has 0 aromatic heterocycles. The molecule has 0 atom stereocenters. The third-order valence-electron chi connectivity index (χ3n) is 5.09. The number of likely N-dealkylation sites (tertiary alicyclic amines) is 1. The maximum atomic E-state index is 13.0. The Balaban J connectivity index is 0.00000280. The highest BCUT2D eigenvalue weighted by Gasteiger charge is 2.26. The van der Waals surface area contributed by atoms with Gasteiger partial charge in [-0.25, -0.2) is 8.42 Å². The number of hydrogen-bond acceptors (Lipinski definition) is 4. The van der Waals surface area contributed by atoms with E-state index in [9.17, 15) is 13.2 Å². The molecule has 0 unspecified atom stereocenters. The molecule has 0 spiro atoms. The van der Waals surface area contributed by atoms with Gasteiger partial charge in [-0.2, -0.15) is 0 Å². The van der Waals surface area contributed by atoms with E-state index in [0.717, 1.165) is 19.4 Å². The van der Waals surface area contributed by atoms with Crippen LogP contribution in [0, 0.1) is 5.92 Å². The zero-order valence-electron chi connectivity index (χ0n) is 16.0. The number of nitrogens with one attached hydrogen (secondary N) is 1. The van der Waals surface area contributed by atoms with Gasteiger partial charge < -0.3 is 10.2 Å². The number of carbonyl (C=O) groups is 1. The molecule has 1 aliphatic rings. The molecule has 0 bridgehead atoms. The molecule has 1 amide bonds. The summed E-state index contributed by atoms with van der Waals surface area (Å²) in [7, 11) is -1.55. The van der Waals surface area contributed by atoms with Crippen molar-refractivity contribution >= 4 is 28.2 Å². The van der Waals surface area contributed by atoms with Crippen molar-refractivity contribution in [3.63, 3.8) is 0 Å². The molecule has 3 rings (SSSR count). The molecule has 152 valence electrons. The van der Waals surface area contributed by atoms with Crippen LogP contribution in [0.4, 0.5) is 0 Å². The Hall–Kier alpha value is -1.89. The monoisotopic (exact) mass is 422 g/mol. The Bertz CT molecular complexity index is 880. The summed E-state index contributed by atoms with van der Waals surface area (Å²) in [6, 6.07) is 15.4. The molecule has 0 radical (unpaired) electrons. The number of sulfone groups is 1. The fourth-order valence-electron chi connectivity index (χ4n) is 3.57. The molecule has 0 saturated carbocycles. The maximum Gasteiger partial charge on any atom is 0.254 e. The van der Waals surface area contributed by atoms with Crippen molar-refractivity contribution in [2.75, 3.05) is 26.7 Å².